The highest BCUT2D eigenvalue weighted by Gasteiger charge is 2.35. The van der Waals surface area contributed by atoms with Gasteiger partial charge in [-0.2, -0.15) is 13.2 Å². The van der Waals surface area contributed by atoms with E-state index in [-0.39, 0.29) is 13.2 Å². The molecule has 1 aromatic carbocycles. The van der Waals surface area contributed by atoms with Crippen molar-refractivity contribution in [2.45, 2.75) is 6.18 Å². The molecule has 1 aromatic rings. The third-order valence-electron chi connectivity index (χ3n) is 2.18. The highest BCUT2D eigenvalue weighted by atomic mass is 19.4. The minimum atomic E-state index is -4.89. The number of carbonyl (C=O) groups excluding carboxylic acids is 2. The second-order valence-electron chi connectivity index (χ2n) is 3.59. The smallest absolute Gasteiger partial charge is 0.419 e. The van der Waals surface area contributed by atoms with Crippen LogP contribution < -0.4 is 11.1 Å². The van der Waals surface area contributed by atoms with Crippen LogP contribution >= 0.6 is 0 Å². The molecule has 0 aromatic heterocycles. The highest BCUT2D eigenvalue weighted by Crippen LogP contribution is 2.32. The summed E-state index contributed by atoms with van der Waals surface area (Å²) in [5.74, 6) is -2.71. The van der Waals surface area contributed by atoms with Crippen molar-refractivity contribution < 1.29 is 31.9 Å². The number of nitrogens with two attached hydrogens (primary N) is 1. The molecule has 0 fully saturated rings. The van der Waals surface area contributed by atoms with Crippen LogP contribution in [0.15, 0.2) is 18.2 Å². The Labute approximate surface area is 110 Å². The minimum absolute atomic E-state index is 0.211. The van der Waals surface area contributed by atoms with Gasteiger partial charge in [0.2, 0.25) is 0 Å². The fourth-order valence-electron chi connectivity index (χ4n) is 1.34. The van der Waals surface area contributed by atoms with E-state index in [4.69, 9.17) is 0 Å². The maximum Gasteiger partial charge on any atom is 0.419 e. The van der Waals surface area contributed by atoms with Gasteiger partial charge in [-0.1, -0.05) is 6.07 Å². The molecule has 0 heterocycles. The number of benzene rings is 1. The predicted molar refractivity (Wildman–Crippen MR) is 59.3 cm³/mol. The van der Waals surface area contributed by atoms with Crippen molar-refractivity contribution in [1.82, 2.24) is 5.32 Å². The molecule has 20 heavy (non-hydrogen) atoms. The number of hydrogen-bond acceptors (Lipinski definition) is 3. The van der Waals surface area contributed by atoms with Crippen molar-refractivity contribution in [3.8, 4) is 0 Å². The van der Waals surface area contributed by atoms with Gasteiger partial charge in [-0.25, -0.2) is 9.18 Å². The fraction of sp³-hybridized carbons (Fsp3) is 0.273. The van der Waals surface area contributed by atoms with Crippen molar-refractivity contribution in [2.24, 2.45) is 5.73 Å². The number of ether oxygens (including phenoxy) is 1. The molecular formula is C11H10F4N2O3. The Balaban J connectivity index is 2.76. The van der Waals surface area contributed by atoms with Gasteiger partial charge in [-0.15, -0.1) is 0 Å². The summed E-state index contributed by atoms with van der Waals surface area (Å²) in [6, 6.07) is 2.36. The first-order valence-corrected chi connectivity index (χ1v) is 5.29. The lowest BCUT2D eigenvalue weighted by molar-refractivity contribution is -0.140. The number of primary amides is 1. The van der Waals surface area contributed by atoms with Crippen LogP contribution in [0.4, 0.5) is 22.4 Å². The average molecular weight is 294 g/mol. The Bertz CT molecular complexity index is 517. The quantitative estimate of drug-likeness (QED) is 0.654. The predicted octanol–water partition coefficient (Wildman–Crippen LogP) is 1.67. The molecular weight excluding hydrogens is 284 g/mol. The number of halogens is 4. The second-order valence-corrected chi connectivity index (χ2v) is 3.59. The van der Waals surface area contributed by atoms with E-state index in [1.807, 2.05) is 0 Å². The van der Waals surface area contributed by atoms with Gasteiger partial charge in [0.05, 0.1) is 17.7 Å². The van der Waals surface area contributed by atoms with E-state index in [1.54, 1.807) is 0 Å². The van der Waals surface area contributed by atoms with Crippen LogP contribution in [0.25, 0.3) is 0 Å². The van der Waals surface area contributed by atoms with E-state index >= 15 is 0 Å². The summed E-state index contributed by atoms with van der Waals surface area (Å²) < 4.78 is 55.2. The number of carbonyl (C=O) groups is 2. The molecule has 0 aliphatic heterocycles. The molecule has 110 valence electrons. The Hall–Kier alpha value is -2.32. The van der Waals surface area contributed by atoms with Gasteiger partial charge in [0.25, 0.3) is 5.91 Å². The van der Waals surface area contributed by atoms with E-state index in [2.05, 4.69) is 15.8 Å². The van der Waals surface area contributed by atoms with Crippen molar-refractivity contribution in [1.29, 1.82) is 0 Å². The van der Waals surface area contributed by atoms with Gasteiger partial charge in [0.15, 0.2) is 0 Å². The van der Waals surface area contributed by atoms with E-state index in [0.29, 0.717) is 6.07 Å². The SMILES string of the molecule is NC(=O)OCCNC(=O)c1cccc(C(F)(F)F)c1F. The summed E-state index contributed by atoms with van der Waals surface area (Å²) in [6.07, 6.45) is -5.96. The van der Waals surface area contributed by atoms with Crippen LogP contribution in [-0.2, 0) is 10.9 Å². The topological polar surface area (TPSA) is 81.4 Å². The normalized spacial score (nSPS) is 11.0. The van der Waals surface area contributed by atoms with Crippen molar-refractivity contribution in [3.05, 3.63) is 35.1 Å². The molecule has 0 aliphatic carbocycles. The Morgan fingerprint density at radius 3 is 2.50 bits per heavy atom. The summed E-state index contributed by atoms with van der Waals surface area (Å²) in [6.45, 7) is -0.487. The van der Waals surface area contributed by atoms with E-state index < -0.39 is 35.1 Å². The third-order valence-corrected chi connectivity index (χ3v) is 2.18. The van der Waals surface area contributed by atoms with Gasteiger partial charge in [0.1, 0.15) is 12.4 Å². The molecule has 0 spiro atoms. The van der Waals surface area contributed by atoms with Crippen molar-refractivity contribution >= 4 is 12.0 Å². The van der Waals surface area contributed by atoms with E-state index in [0.717, 1.165) is 12.1 Å². The van der Waals surface area contributed by atoms with Gasteiger partial charge < -0.3 is 15.8 Å². The maximum absolute atomic E-state index is 13.6. The zero-order valence-corrected chi connectivity index (χ0v) is 9.96. The lowest BCUT2D eigenvalue weighted by Crippen LogP contribution is -2.30. The monoisotopic (exact) mass is 294 g/mol. The molecule has 0 saturated carbocycles. The fourth-order valence-corrected chi connectivity index (χ4v) is 1.34. The number of amides is 2. The van der Waals surface area contributed by atoms with Gasteiger partial charge >= 0.3 is 12.3 Å². The molecule has 1 rings (SSSR count). The molecule has 3 N–H and O–H groups in total. The molecule has 0 saturated heterocycles. The highest BCUT2D eigenvalue weighted by molar-refractivity contribution is 5.94. The second kappa shape index (κ2) is 6.22. The molecule has 0 bridgehead atoms. The molecule has 5 nitrogen and oxygen atoms in total. The molecule has 0 atom stereocenters. The van der Waals surface area contributed by atoms with E-state index in [1.165, 1.54) is 0 Å². The Kier molecular flexibility index (Phi) is 4.89. The number of rotatable bonds is 4. The lowest BCUT2D eigenvalue weighted by Gasteiger charge is -2.11. The average Bonchev–Trinajstić information content (AvgIpc) is 2.33. The summed E-state index contributed by atoms with van der Waals surface area (Å²) in [4.78, 5) is 21.7. The van der Waals surface area contributed by atoms with Gasteiger partial charge in [-0.3, -0.25) is 4.79 Å². The Morgan fingerprint density at radius 1 is 1.30 bits per heavy atom. The molecule has 2 amide bonds. The van der Waals surface area contributed by atoms with E-state index in [9.17, 15) is 27.2 Å². The van der Waals surface area contributed by atoms with Crippen LogP contribution in [-0.4, -0.2) is 25.2 Å². The zero-order chi connectivity index (χ0) is 15.3. The van der Waals surface area contributed by atoms with Gasteiger partial charge in [0, 0.05) is 0 Å². The standard InChI is InChI=1S/C11H10F4N2O3/c12-8-6(2-1-3-7(8)11(13,14)15)9(18)17-4-5-20-10(16)19/h1-3H,4-5H2,(H2,16,19)(H,17,18). The molecule has 0 aliphatic rings. The maximum atomic E-state index is 13.6. The third kappa shape index (κ3) is 4.11. The van der Waals surface area contributed by atoms with Crippen LogP contribution in [0.1, 0.15) is 15.9 Å². The van der Waals surface area contributed by atoms with Crippen molar-refractivity contribution in [3.63, 3.8) is 0 Å². The largest absolute Gasteiger partial charge is 0.448 e. The number of nitrogens with one attached hydrogen (secondary N) is 1. The first kappa shape index (κ1) is 15.7. The summed E-state index contributed by atoms with van der Waals surface area (Å²) >= 11 is 0. The van der Waals surface area contributed by atoms with Crippen LogP contribution in [0.2, 0.25) is 0 Å². The Morgan fingerprint density at radius 2 is 1.95 bits per heavy atom. The van der Waals surface area contributed by atoms with Crippen LogP contribution in [0.5, 0.6) is 0 Å². The molecule has 9 heteroatoms. The van der Waals surface area contributed by atoms with Gasteiger partial charge in [-0.05, 0) is 12.1 Å². The summed E-state index contributed by atoms with van der Waals surface area (Å²) in [5.41, 5.74) is 2.37. The van der Waals surface area contributed by atoms with Crippen molar-refractivity contribution in [2.75, 3.05) is 13.2 Å². The number of hydrogen-bond donors (Lipinski definition) is 2. The first-order chi connectivity index (χ1) is 9.23. The minimum Gasteiger partial charge on any atom is -0.448 e. The first-order valence-electron chi connectivity index (χ1n) is 5.29. The lowest BCUT2D eigenvalue weighted by atomic mass is 10.1. The molecule has 0 unspecified atom stereocenters. The number of alkyl halides is 3. The van der Waals surface area contributed by atoms with Crippen LogP contribution in [0.3, 0.4) is 0 Å². The molecule has 0 radical (unpaired) electrons. The summed E-state index contributed by atoms with van der Waals surface area (Å²) in [7, 11) is 0. The zero-order valence-electron chi connectivity index (χ0n) is 9.96. The van der Waals surface area contributed by atoms with Crippen LogP contribution in [0, 0.1) is 5.82 Å². The summed E-state index contributed by atoms with van der Waals surface area (Å²) in [5, 5.41) is 2.09.